The highest BCUT2D eigenvalue weighted by atomic mass is 16.5. The van der Waals surface area contributed by atoms with Crippen LogP contribution in [0.25, 0.3) is 0 Å². The third kappa shape index (κ3) is 2.12. The molecule has 0 aromatic heterocycles. The van der Waals surface area contributed by atoms with Crippen LogP contribution < -0.4 is 5.32 Å². The van der Waals surface area contributed by atoms with Gasteiger partial charge in [0.15, 0.2) is 0 Å². The van der Waals surface area contributed by atoms with Gasteiger partial charge < -0.3 is 19.5 Å². The molecule has 114 valence electrons. The van der Waals surface area contributed by atoms with E-state index in [2.05, 4.69) is 5.32 Å². The number of hydrogen-bond acceptors (Lipinski definition) is 4. The Kier molecular flexibility index (Phi) is 3.75. The summed E-state index contributed by atoms with van der Waals surface area (Å²) < 4.78 is 17.1. The molecule has 0 radical (unpaired) electrons. The molecule has 4 rings (SSSR count). The van der Waals surface area contributed by atoms with Crippen molar-refractivity contribution < 1.29 is 14.2 Å². The maximum atomic E-state index is 5.96. The predicted octanol–water partition coefficient (Wildman–Crippen LogP) is 1.73. The third-order valence-electron chi connectivity index (χ3n) is 5.96. The van der Waals surface area contributed by atoms with Crippen molar-refractivity contribution in [2.75, 3.05) is 33.0 Å². The fourth-order valence-corrected chi connectivity index (χ4v) is 4.78. The largest absolute Gasteiger partial charge is 0.379 e. The van der Waals surface area contributed by atoms with E-state index in [1.807, 2.05) is 0 Å². The summed E-state index contributed by atoms with van der Waals surface area (Å²) >= 11 is 0. The van der Waals surface area contributed by atoms with E-state index < -0.39 is 0 Å². The summed E-state index contributed by atoms with van der Waals surface area (Å²) in [5, 5.41) is 3.82. The lowest BCUT2D eigenvalue weighted by Crippen LogP contribution is -2.71. The second kappa shape index (κ2) is 5.56. The number of ether oxygens (including phenoxy) is 3. The molecule has 1 N–H and O–H groups in total. The van der Waals surface area contributed by atoms with Crippen LogP contribution in [0, 0.1) is 11.3 Å². The smallest absolute Gasteiger partial charge is 0.0830 e. The summed E-state index contributed by atoms with van der Waals surface area (Å²) in [4.78, 5) is 0. The minimum atomic E-state index is 0.351. The molecule has 0 unspecified atom stereocenters. The molecule has 0 bridgehead atoms. The molecule has 2 saturated heterocycles. The lowest BCUT2D eigenvalue weighted by Gasteiger charge is -2.63. The maximum absolute atomic E-state index is 5.96. The quantitative estimate of drug-likeness (QED) is 0.753. The molecular weight excluding hydrogens is 254 g/mol. The number of rotatable bonds is 6. The van der Waals surface area contributed by atoms with E-state index in [-0.39, 0.29) is 0 Å². The molecular formula is C16H27NO3. The number of nitrogens with one attached hydrogen (secondary N) is 1. The van der Waals surface area contributed by atoms with Crippen LogP contribution in [-0.4, -0.2) is 51.2 Å². The van der Waals surface area contributed by atoms with Gasteiger partial charge in [-0.1, -0.05) is 6.42 Å². The molecule has 4 atom stereocenters. The van der Waals surface area contributed by atoms with Gasteiger partial charge in [-0.25, -0.2) is 0 Å². The molecule has 4 heteroatoms. The van der Waals surface area contributed by atoms with Crippen LogP contribution in [0.15, 0.2) is 0 Å². The number of hydrogen-bond donors (Lipinski definition) is 1. The minimum absolute atomic E-state index is 0.351. The maximum Gasteiger partial charge on any atom is 0.0830 e. The first-order valence-electron chi connectivity index (χ1n) is 8.44. The van der Waals surface area contributed by atoms with Crippen molar-refractivity contribution in [1.29, 1.82) is 0 Å². The lowest BCUT2D eigenvalue weighted by molar-refractivity contribution is -0.176. The summed E-state index contributed by atoms with van der Waals surface area (Å²) in [5.41, 5.74) is 0.515. The first kappa shape index (κ1) is 13.5. The fraction of sp³-hybridized carbons (Fsp3) is 1.00. The first-order chi connectivity index (χ1) is 9.90. The van der Waals surface area contributed by atoms with Crippen molar-refractivity contribution in [2.45, 2.75) is 56.8 Å². The Morgan fingerprint density at radius 3 is 2.90 bits per heavy atom. The number of fused-ring (bicyclic) bond motifs is 2. The summed E-state index contributed by atoms with van der Waals surface area (Å²) in [7, 11) is 0. The Bertz CT molecular complexity index is 339. The van der Waals surface area contributed by atoms with Crippen LogP contribution in [0.2, 0.25) is 0 Å². The molecule has 4 fully saturated rings. The Balaban J connectivity index is 1.18. The summed E-state index contributed by atoms with van der Waals surface area (Å²) in [6, 6.07) is 0.721. The monoisotopic (exact) mass is 281 g/mol. The van der Waals surface area contributed by atoms with Gasteiger partial charge in [-0.2, -0.15) is 0 Å². The van der Waals surface area contributed by atoms with Crippen molar-refractivity contribution in [1.82, 2.24) is 5.32 Å². The summed E-state index contributed by atoms with van der Waals surface area (Å²) in [6.45, 7) is 4.60. The molecule has 2 aliphatic heterocycles. The first-order valence-corrected chi connectivity index (χ1v) is 8.44. The van der Waals surface area contributed by atoms with Crippen molar-refractivity contribution >= 4 is 0 Å². The van der Waals surface area contributed by atoms with E-state index in [4.69, 9.17) is 14.2 Å². The minimum Gasteiger partial charge on any atom is -0.379 e. The van der Waals surface area contributed by atoms with Gasteiger partial charge in [0.05, 0.1) is 18.8 Å². The molecule has 2 aliphatic carbocycles. The van der Waals surface area contributed by atoms with Crippen LogP contribution in [0.3, 0.4) is 0 Å². The zero-order valence-corrected chi connectivity index (χ0v) is 12.3. The Morgan fingerprint density at radius 2 is 2.15 bits per heavy atom. The van der Waals surface area contributed by atoms with E-state index in [1.165, 1.54) is 25.7 Å². The molecule has 20 heavy (non-hydrogen) atoms. The fourth-order valence-electron chi connectivity index (χ4n) is 4.78. The molecule has 1 spiro atoms. The van der Waals surface area contributed by atoms with Crippen LogP contribution in [0.1, 0.15) is 38.5 Å². The zero-order chi connectivity index (χ0) is 13.4. The van der Waals surface area contributed by atoms with Gasteiger partial charge >= 0.3 is 0 Å². The molecule has 4 aliphatic rings. The lowest BCUT2D eigenvalue weighted by atomic mass is 9.46. The second-order valence-electron chi connectivity index (χ2n) is 6.97. The standard InChI is InChI=1S/C16H27NO3/c1-5-16(6-1)14(13-4-10-20-15(13)16)17-7-2-8-19-12-3-9-18-11-12/h12-15,17H,1-11H2/t12-,13-,14-,15-/m1/s1. The average Bonchev–Trinajstić information content (AvgIpc) is 3.02. The van der Waals surface area contributed by atoms with Crippen molar-refractivity contribution in [3.63, 3.8) is 0 Å². The molecule has 0 aromatic carbocycles. The average molecular weight is 281 g/mol. The third-order valence-corrected chi connectivity index (χ3v) is 5.96. The predicted molar refractivity (Wildman–Crippen MR) is 75.7 cm³/mol. The molecule has 0 amide bonds. The van der Waals surface area contributed by atoms with Gasteiger partial charge in [-0.05, 0) is 38.6 Å². The van der Waals surface area contributed by atoms with Gasteiger partial charge in [0, 0.05) is 37.2 Å². The van der Waals surface area contributed by atoms with Gasteiger partial charge in [0.2, 0.25) is 0 Å². The van der Waals surface area contributed by atoms with E-state index in [9.17, 15) is 0 Å². The highest BCUT2D eigenvalue weighted by Gasteiger charge is 2.66. The molecule has 2 heterocycles. The molecule has 2 saturated carbocycles. The van der Waals surface area contributed by atoms with Crippen LogP contribution in [-0.2, 0) is 14.2 Å². The van der Waals surface area contributed by atoms with Crippen molar-refractivity contribution in [3.05, 3.63) is 0 Å². The zero-order valence-electron chi connectivity index (χ0n) is 12.3. The Hall–Kier alpha value is -0.160. The van der Waals surface area contributed by atoms with Gasteiger partial charge in [-0.15, -0.1) is 0 Å². The normalized spacial score (nSPS) is 41.4. The highest BCUT2D eigenvalue weighted by molar-refractivity contribution is 5.18. The second-order valence-corrected chi connectivity index (χ2v) is 6.97. The summed E-state index contributed by atoms with van der Waals surface area (Å²) in [5.74, 6) is 0.791. The van der Waals surface area contributed by atoms with E-state index in [1.54, 1.807) is 0 Å². The SMILES string of the molecule is C(CN[C@@H]1[C@H]2CCO[C@H]2C12CCC2)CO[C@@H]1CCOC1. The van der Waals surface area contributed by atoms with Gasteiger partial charge in [-0.3, -0.25) is 0 Å². The van der Waals surface area contributed by atoms with E-state index in [0.29, 0.717) is 17.6 Å². The Labute approximate surface area is 121 Å². The topological polar surface area (TPSA) is 39.7 Å². The highest BCUT2D eigenvalue weighted by Crippen LogP contribution is 2.62. The van der Waals surface area contributed by atoms with Crippen LogP contribution in [0.5, 0.6) is 0 Å². The van der Waals surface area contributed by atoms with Crippen molar-refractivity contribution in [2.24, 2.45) is 11.3 Å². The van der Waals surface area contributed by atoms with Crippen LogP contribution in [0.4, 0.5) is 0 Å². The van der Waals surface area contributed by atoms with Crippen molar-refractivity contribution in [3.8, 4) is 0 Å². The van der Waals surface area contributed by atoms with Gasteiger partial charge in [0.1, 0.15) is 0 Å². The molecule has 4 nitrogen and oxygen atoms in total. The van der Waals surface area contributed by atoms with Crippen LogP contribution >= 0.6 is 0 Å². The van der Waals surface area contributed by atoms with E-state index in [0.717, 1.165) is 57.8 Å². The van der Waals surface area contributed by atoms with Gasteiger partial charge in [0.25, 0.3) is 0 Å². The molecule has 0 aromatic rings. The Morgan fingerprint density at radius 1 is 1.20 bits per heavy atom. The van der Waals surface area contributed by atoms with E-state index >= 15 is 0 Å². The summed E-state index contributed by atoms with van der Waals surface area (Å²) in [6.07, 6.45) is 8.53.